The summed E-state index contributed by atoms with van der Waals surface area (Å²) >= 11 is 1.30. The van der Waals surface area contributed by atoms with Gasteiger partial charge in [0.05, 0.1) is 4.88 Å². The van der Waals surface area contributed by atoms with E-state index in [1.165, 1.54) is 11.3 Å². The van der Waals surface area contributed by atoms with Gasteiger partial charge >= 0.3 is 0 Å². The first-order valence-corrected chi connectivity index (χ1v) is 9.29. The summed E-state index contributed by atoms with van der Waals surface area (Å²) < 4.78 is 0. The van der Waals surface area contributed by atoms with Crippen molar-refractivity contribution in [3.63, 3.8) is 0 Å². The van der Waals surface area contributed by atoms with Crippen LogP contribution >= 0.6 is 11.3 Å². The van der Waals surface area contributed by atoms with Crippen LogP contribution in [0.3, 0.4) is 0 Å². The van der Waals surface area contributed by atoms with Crippen molar-refractivity contribution in [2.24, 2.45) is 11.7 Å². The number of likely N-dealkylation sites (tertiary alicyclic amines) is 1. The number of amides is 2. The number of thiophene rings is 1. The summed E-state index contributed by atoms with van der Waals surface area (Å²) in [4.78, 5) is 36.5. The number of hydrogen-bond donors (Lipinski definition) is 1. The Kier molecular flexibility index (Phi) is 3.96. The molecular formula is C17H20N4O2S. The molecule has 2 aromatic rings. The number of primary amides is 1. The molecule has 7 heteroatoms. The summed E-state index contributed by atoms with van der Waals surface area (Å²) in [5.74, 6) is 0.151. The Morgan fingerprint density at radius 2 is 1.92 bits per heavy atom. The monoisotopic (exact) mass is 344 g/mol. The molecule has 2 aromatic heterocycles. The van der Waals surface area contributed by atoms with E-state index >= 15 is 0 Å². The summed E-state index contributed by atoms with van der Waals surface area (Å²) in [6.45, 7) is 1.40. The largest absolute Gasteiger partial charge is 0.365 e. The molecule has 126 valence electrons. The van der Waals surface area contributed by atoms with Crippen LogP contribution in [0.5, 0.6) is 0 Å². The molecule has 0 aromatic carbocycles. The van der Waals surface area contributed by atoms with E-state index in [-0.39, 0.29) is 17.7 Å². The minimum absolute atomic E-state index is 0.114. The molecule has 0 radical (unpaired) electrons. The third-order valence-electron chi connectivity index (χ3n) is 5.20. The van der Waals surface area contributed by atoms with Crippen LogP contribution in [0.4, 0.5) is 0 Å². The molecule has 2 amide bonds. The Morgan fingerprint density at radius 3 is 2.67 bits per heavy atom. The molecular weight excluding hydrogens is 324 g/mol. The van der Waals surface area contributed by atoms with E-state index in [0.29, 0.717) is 11.4 Å². The first-order chi connectivity index (χ1) is 11.6. The van der Waals surface area contributed by atoms with Crippen LogP contribution in [-0.2, 0) is 4.79 Å². The standard InChI is InChI=1S/C17H20N4O2S/c18-15(22)14-12(13-16(24-14)20-7-6-19-13)11-5-8-21(9-11)17(23)10-3-1-2-4-10/h6-7,10-11H,1-5,8-9H2,(H2,18,22). The highest BCUT2D eigenvalue weighted by molar-refractivity contribution is 7.20. The average molecular weight is 344 g/mol. The summed E-state index contributed by atoms with van der Waals surface area (Å²) in [6, 6.07) is 0. The van der Waals surface area contributed by atoms with Gasteiger partial charge in [-0.15, -0.1) is 11.3 Å². The first-order valence-electron chi connectivity index (χ1n) is 8.47. The second-order valence-corrected chi connectivity index (χ2v) is 7.67. The molecule has 1 saturated heterocycles. The predicted molar refractivity (Wildman–Crippen MR) is 91.8 cm³/mol. The van der Waals surface area contributed by atoms with E-state index in [4.69, 9.17) is 5.73 Å². The van der Waals surface area contributed by atoms with E-state index in [1.54, 1.807) is 12.4 Å². The molecule has 1 saturated carbocycles. The third kappa shape index (κ3) is 2.56. The molecule has 3 heterocycles. The summed E-state index contributed by atoms with van der Waals surface area (Å²) in [5, 5.41) is 0. The van der Waals surface area contributed by atoms with Crippen LogP contribution < -0.4 is 5.73 Å². The number of nitrogens with two attached hydrogens (primary N) is 1. The predicted octanol–water partition coefficient (Wildman–Crippen LogP) is 2.30. The maximum atomic E-state index is 12.7. The normalized spacial score (nSPS) is 21.7. The van der Waals surface area contributed by atoms with Gasteiger partial charge in [0.25, 0.3) is 5.91 Å². The fourth-order valence-corrected chi connectivity index (χ4v) is 5.07. The molecule has 2 N–H and O–H groups in total. The summed E-state index contributed by atoms with van der Waals surface area (Å²) in [5.41, 5.74) is 7.22. The SMILES string of the molecule is NC(=O)c1sc2nccnc2c1C1CCN(C(=O)C2CCCC2)C1. The zero-order valence-corrected chi connectivity index (χ0v) is 14.2. The van der Waals surface area contributed by atoms with Crippen molar-refractivity contribution in [3.8, 4) is 0 Å². The van der Waals surface area contributed by atoms with Crippen molar-refractivity contribution in [1.82, 2.24) is 14.9 Å². The van der Waals surface area contributed by atoms with Gasteiger partial charge in [0.1, 0.15) is 10.3 Å². The van der Waals surface area contributed by atoms with Crippen molar-refractivity contribution in [2.75, 3.05) is 13.1 Å². The number of aromatic nitrogens is 2. The van der Waals surface area contributed by atoms with E-state index in [1.807, 2.05) is 4.90 Å². The topological polar surface area (TPSA) is 89.2 Å². The highest BCUT2D eigenvalue weighted by Crippen LogP contribution is 2.39. The van der Waals surface area contributed by atoms with Crippen LogP contribution in [0.2, 0.25) is 0 Å². The quantitative estimate of drug-likeness (QED) is 0.925. The number of nitrogens with zero attached hydrogens (tertiary/aromatic N) is 3. The molecule has 4 rings (SSSR count). The Bertz CT molecular complexity index is 797. The Morgan fingerprint density at radius 1 is 1.17 bits per heavy atom. The molecule has 2 fully saturated rings. The van der Waals surface area contributed by atoms with Gasteiger partial charge in [0.15, 0.2) is 0 Å². The van der Waals surface area contributed by atoms with Crippen molar-refractivity contribution < 1.29 is 9.59 Å². The zero-order chi connectivity index (χ0) is 16.7. The third-order valence-corrected chi connectivity index (χ3v) is 6.32. The average Bonchev–Trinajstić information content (AvgIpc) is 3.31. The van der Waals surface area contributed by atoms with Crippen LogP contribution in [0, 0.1) is 5.92 Å². The molecule has 6 nitrogen and oxygen atoms in total. The maximum Gasteiger partial charge on any atom is 0.259 e. The lowest BCUT2D eigenvalue weighted by Gasteiger charge is -2.20. The van der Waals surface area contributed by atoms with Crippen molar-refractivity contribution in [2.45, 2.75) is 38.0 Å². The van der Waals surface area contributed by atoms with Crippen molar-refractivity contribution in [3.05, 3.63) is 22.8 Å². The summed E-state index contributed by atoms with van der Waals surface area (Å²) in [6.07, 6.45) is 8.45. The van der Waals surface area contributed by atoms with E-state index in [2.05, 4.69) is 9.97 Å². The Hall–Kier alpha value is -2.02. The molecule has 1 aliphatic carbocycles. The van der Waals surface area contributed by atoms with Crippen molar-refractivity contribution in [1.29, 1.82) is 0 Å². The smallest absolute Gasteiger partial charge is 0.259 e. The van der Waals surface area contributed by atoms with E-state index in [0.717, 1.165) is 54.6 Å². The van der Waals surface area contributed by atoms with Gasteiger partial charge in [-0.05, 0) is 19.3 Å². The molecule has 0 spiro atoms. The van der Waals surface area contributed by atoms with Crippen LogP contribution in [0.15, 0.2) is 12.4 Å². The minimum Gasteiger partial charge on any atom is -0.365 e. The van der Waals surface area contributed by atoms with Gasteiger partial charge in [-0.3, -0.25) is 14.6 Å². The molecule has 1 aliphatic heterocycles. The first kappa shape index (κ1) is 15.5. The Balaban J connectivity index is 1.63. The number of carbonyl (C=O) groups excluding carboxylic acids is 2. The van der Waals surface area contributed by atoms with Crippen molar-refractivity contribution >= 4 is 33.5 Å². The lowest BCUT2D eigenvalue weighted by molar-refractivity contribution is -0.134. The minimum atomic E-state index is -0.435. The lowest BCUT2D eigenvalue weighted by Crippen LogP contribution is -2.33. The van der Waals surface area contributed by atoms with Gasteiger partial charge in [0.2, 0.25) is 5.91 Å². The highest BCUT2D eigenvalue weighted by Gasteiger charge is 2.35. The molecule has 1 atom stereocenters. The molecule has 24 heavy (non-hydrogen) atoms. The molecule has 2 aliphatic rings. The number of fused-ring (bicyclic) bond motifs is 1. The van der Waals surface area contributed by atoms with Crippen LogP contribution in [0.25, 0.3) is 10.3 Å². The Labute approximate surface area is 144 Å². The lowest BCUT2D eigenvalue weighted by atomic mass is 9.97. The summed E-state index contributed by atoms with van der Waals surface area (Å²) in [7, 11) is 0. The van der Waals surface area contributed by atoms with E-state index < -0.39 is 5.91 Å². The van der Waals surface area contributed by atoms with Crippen LogP contribution in [-0.4, -0.2) is 39.8 Å². The van der Waals surface area contributed by atoms with Gasteiger partial charge < -0.3 is 10.6 Å². The maximum absolute atomic E-state index is 12.7. The fraction of sp³-hybridized carbons (Fsp3) is 0.529. The molecule has 0 bridgehead atoms. The second kappa shape index (κ2) is 6.12. The molecule has 1 unspecified atom stereocenters. The fourth-order valence-electron chi connectivity index (χ4n) is 4.03. The number of hydrogen-bond acceptors (Lipinski definition) is 5. The van der Waals surface area contributed by atoms with Gasteiger partial charge in [-0.1, -0.05) is 12.8 Å². The highest BCUT2D eigenvalue weighted by atomic mass is 32.1. The van der Waals surface area contributed by atoms with Crippen LogP contribution in [0.1, 0.15) is 53.3 Å². The van der Waals surface area contributed by atoms with Gasteiger partial charge in [-0.2, -0.15) is 0 Å². The zero-order valence-electron chi connectivity index (χ0n) is 13.4. The number of rotatable bonds is 3. The number of carbonyl (C=O) groups is 2. The van der Waals surface area contributed by atoms with Gasteiger partial charge in [-0.25, -0.2) is 4.98 Å². The second-order valence-electron chi connectivity index (χ2n) is 6.67. The van der Waals surface area contributed by atoms with Gasteiger partial charge in [0, 0.05) is 42.9 Å². The van der Waals surface area contributed by atoms with E-state index in [9.17, 15) is 9.59 Å².